The molecule has 1 aromatic rings. The molecular formula is C8H8ClNO. The number of rotatable bonds is 1. The third-order valence-corrected chi connectivity index (χ3v) is 1.81. The Morgan fingerprint density at radius 2 is 2.27 bits per heavy atom. The van der Waals surface area contributed by atoms with Crippen LogP contribution in [0.2, 0.25) is 5.02 Å². The molecule has 0 unspecified atom stereocenters. The van der Waals surface area contributed by atoms with Gasteiger partial charge in [-0.15, -0.1) is 0 Å². The zero-order chi connectivity index (χ0) is 8.43. The standard InChI is InChI=1S/C8H8ClNO/c1-5-8(9)3-7(4-10-5)6(2)11/h3-4H,1-2H3. The molecule has 2 nitrogen and oxygen atoms in total. The van der Waals surface area contributed by atoms with Crippen molar-refractivity contribution in [3.63, 3.8) is 0 Å². The average Bonchev–Trinajstić information content (AvgIpc) is 1.94. The molecule has 11 heavy (non-hydrogen) atoms. The lowest BCUT2D eigenvalue weighted by Crippen LogP contribution is -1.94. The van der Waals surface area contributed by atoms with Gasteiger partial charge in [0.25, 0.3) is 0 Å². The molecule has 1 aromatic heterocycles. The molecular weight excluding hydrogens is 162 g/mol. The molecule has 0 radical (unpaired) electrons. The van der Waals surface area contributed by atoms with Crippen molar-refractivity contribution in [1.82, 2.24) is 4.98 Å². The van der Waals surface area contributed by atoms with Crippen molar-refractivity contribution in [2.45, 2.75) is 13.8 Å². The molecule has 0 saturated carbocycles. The van der Waals surface area contributed by atoms with Gasteiger partial charge in [0.05, 0.1) is 10.7 Å². The highest BCUT2D eigenvalue weighted by Gasteiger charge is 2.01. The summed E-state index contributed by atoms with van der Waals surface area (Å²) in [5, 5.41) is 0.540. The molecule has 0 atom stereocenters. The maximum atomic E-state index is 10.8. The third kappa shape index (κ3) is 1.77. The summed E-state index contributed by atoms with van der Waals surface area (Å²) in [7, 11) is 0. The summed E-state index contributed by atoms with van der Waals surface area (Å²) in [5.74, 6) is -0.0144. The van der Waals surface area contributed by atoms with Gasteiger partial charge in [-0.2, -0.15) is 0 Å². The maximum absolute atomic E-state index is 10.8. The van der Waals surface area contributed by atoms with E-state index >= 15 is 0 Å². The van der Waals surface area contributed by atoms with E-state index in [4.69, 9.17) is 11.6 Å². The molecule has 0 spiro atoms. The highest BCUT2D eigenvalue weighted by molar-refractivity contribution is 6.31. The maximum Gasteiger partial charge on any atom is 0.161 e. The normalized spacial score (nSPS) is 9.73. The second-order valence-corrected chi connectivity index (χ2v) is 2.75. The van der Waals surface area contributed by atoms with Gasteiger partial charge in [0.15, 0.2) is 5.78 Å². The van der Waals surface area contributed by atoms with Gasteiger partial charge in [0.1, 0.15) is 0 Å². The van der Waals surface area contributed by atoms with Crippen molar-refractivity contribution in [2.24, 2.45) is 0 Å². The number of nitrogens with zero attached hydrogens (tertiary/aromatic N) is 1. The van der Waals surface area contributed by atoms with Gasteiger partial charge in [0.2, 0.25) is 0 Å². The zero-order valence-corrected chi connectivity index (χ0v) is 7.14. The van der Waals surface area contributed by atoms with Crippen molar-refractivity contribution >= 4 is 17.4 Å². The summed E-state index contributed by atoms with van der Waals surface area (Å²) in [5.41, 5.74) is 1.30. The Bertz CT molecular complexity index is 296. The minimum absolute atomic E-state index is 0.0144. The first-order valence-electron chi connectivity index (χ1n) is 3.24. The quantitative estimate of drug-likeness (QED) is 0.604. The van der Waals surface area contributed by atoms with E-state index in [1.807, 2.05) is 0 Å². The fourth-order valence-corrected chi connectivity index (χ4v) is 0.865. The summed E-state index contributed by atoms with van der Waals surface area (Å²) in [6, 6.07) is 1.63. The highest BCUT2D eigenvalue weighted by Crippen LogP contribution is 2.13. The Morgan fingerprint density at radius 1 is 1.64 bits per heavy atom. The molecule has 0 N–H and O–H groups in total. The van der Waals surface area contributed by atoms with E-state index in [9.17, 15) is 4.79 Å². The average molecular weight is 170 g/mol. The van der Waals surface area contributed by atoms with Crippen molar-refractivity contribution < 1.29 is 4.79 Å². The number of hydrogen-bond donors (Lipinski definition) is 0. The molecule has 0 aliphatic carbocycles. The number of pyridine rings is 1. The molecule has 0 aromatic carbocycles. The minimum atomic E-state index is -0.0144. The van der Waals surface area contributed by atoms with Gasteiger partial charge in [-0.1, -0.05) is 11.6 Å². The fourth-order valence-electron chi connectivity index (χ4n) is 0.699. The van der Waals surface area contributed by atoms with E-state index in [-0.39, 0.29) is 5.78 Å². The van der Waals surface area contributed by atoms with Crippen LogP contribution in [0.4, 0.5) is 0 Å². The number of hydrogen-bond acceptors (Lipinski definition) is 2. The Labute approximate surface area is 70.2 Å². The number of carbonyl (C=O) groups excluding carboxylic acids is 1. The minimum Gasteiger partial charge on any atom is -0.294 e. The summed E-state index contributed by atoms with van der Waals surface area (Å²) in [6.07, 6.45) is 1.53. The van der Waals surface area contributed by atoms with E-state index in [2.05, 4.69) is 4.98 Å². The first-order valence-corrected chi connectivity index (χ1v) is 3.62. The van der Waals surface area contributed by atoms with Crippen LogP contribution in [0.5, 0.6) is 0 Å². The Balaban J connectivity index is 3.15. The molecule has 0 saturated heterocycles. The van der Waals surface area contributed by atoms with Crippen molar-refractivity contribution in [2.75, 3.05) is 0 Å². The first-order chi connectivity index (χ1) is 5.11. The first kappa shape index (κ1) is 8.21. The molecule has 0 amide bonds. The second-order valence-electron chi connectivity index (χ2n) is 2.35. The number of aryl methyl sites for hydroxylation is 1. The van der Waals surface area contributed by atoms with Crippen LogP contribution in [0.3, 0.4) is 0 Å². The van der Waals surface area contributed by atoms with Crippen molar-refractivity contribution in [3.05, 3.63) is 28.5 Å². The molecule has 58 valence electrons. The van der Waals surface area contributed by atoms with E-state index < -0.39 is 0 Å². The fraction of sp³-hybridized carbons (Fsp3) is 0.250. The van der Waals surface area contributed by atoms with Crippen LogP contribution >= 0.6 is 11.6 Å². The Morgan fingerprint density at radius 3 is 2.73 bits per heavy atom. The summed E-state index contributed by atoms with van der Waals surface area (Å²) in [6.45, 7) is 3.29. The van der Waals surface area contributed by atoms with Crippen LogP contribution in [-0.4, -0.2) is 10.8 Å². The highest BCUT2D eigenvalue weighted by atomic mass is 35.5. The lowest BCUT2D eigenvalue weighted by atomic mass is 10.2. The Kier molecular flexibility index (Phi) is 2.25. The van der Waals surface area contributed by atoms with Crippen molar-refractivity contribution in [1.29, 1.82) is 0 Å². The topological polar surface area (TPSA) is 30.0 Å². The Hall–Kier alpha value is -0.890. The van der Waals surface area contributed by atoms with E-state index in [0.29, 0.717) is 10.6 Å². The van der Waals surface area contributed by atoms with Crippen LogP contribution in [0, 0.1) is 6.92 Å². The van der Waals surface area contributed by atoms with E-state index in [1.54, 1.807) is 13.0 Å². The molecule has 1 rings (SSSR count). The summed E-state index contributed by atoms with van der Waals surface area (Å²) >= 11 is 5.74. The van der Waals surface area contributed by atoms with Crippen LogP contribution < -0.4 is 0 Å². The largest absolute Gasteiger partial charge is 0.294 e. The third-order valence-electron chi connectivity index (χ3n) is 1.43. The molecule has 0 bridgehead atoms. The van der Waals surface area contributed by atoms with Gasteiger partial charge < -0.3 is 0 Å². The molecule has 0 fully saturated rings. The van der Waals surface area contributed by atoms with Crippen LogP contribution in [-0.2, 0) is 0 Å². The van der Waals surface area contributed by atoms with Crippen LogP contribution in [0.15, 0.2) is 12.3 Å². The van der Waals surface area contributed by atoms with Gasteiger partial charge in [-0.3, -0.25) is 9.78 Å². The predicted octanol–water partition coefficient (Wildman–Crippen LogP) is 2.25. The smallest absolute Gasteiger partial charge is 0.161 e. The second kappa shape index (κ2) is 3.01. The summed E-state index contributed by atoms with van der Waals surface area (Å²) < 4.78 is 0. The van der Waals surface area contributed by atoms with Gasteiger partial charge >= 0.3 is 0 Å². The van der Waals surface area contributed by atoms with Gasteiger partial charge in [-0.25, -0.2) is 0 Å². The van der Waals surface area contributed by atoms with Crippen LogP contribution in [0.1, 0.15) is 23.0 Å². The molecule has 1 heterocycles. The lowest BCUT2D eigenvalue weighted by Gasteiger charge is -1.97. The van der Waals surface area contributed by atoms with Gasteiger partial charge in [-0.05, 0) is 19.9 Å². The van der Waals surface area contributed by atoms with E-state index in [1.165, 1.54) is 13.1 Å². The molecule has 0 aliphatic rings. The lowest BCUT2D eigenvalue weighted by molar-refractivity contribution is 0.101. The summed E-state index contributed by atoms with van der Waals surface area (Å²) in [4.78, 5) is 14.8. The van der Waals surface area contributed by atoms with Crippen LogP contribution in [0.25, 0.3) is 0 Å². The van der Waals surface area contributed by atoms with Crippen molar-refractivity contribution in [3.8, 4) is 0 Å². The predicted molar refractivity (Wildman–Crippen MR) is 44.0 cm³/mol. The van der Waals surface area contributed by atoms with Gasteiger partial charge in [0, 0.05) is 11.8 Å². The number of ketones is 1. The molecule has 0 aliphatic heterocycles. The number of carbonyl (C=O) groups is 1. The SMILES string of the molecule is CC(=O)c1cnc(C)c(Cl)c1. The number of aromatic nitrogens is 1. The molecule has 3 heteroatoms. The number of halogens is 1. The monoisotopic (exact) mass is 169 g/mol. The number of Topliss-reactive ketones (excluding diaryl/α,β-unsaturated/α-hetero) is 1. The zero-order valence-electron chi connectivity index (χ0n) is 6.39. The van der Waals surface area contributed by atoms with E-state index in [0.717, 1.165) is 5.69 Å².